The third-order valence-electron chi connectivity index (χ3n) is 5.45. The van der Waals surface area contributed by atoms with Gasteiger partial charge in [0.1, 0.15) is 5.75 Å². The molecule has 0 aliphatic heterocycles. The topological polar surface area (TPSA) is 98.1 Å². The number of thioether (sulfide) groups is 1. The number of amides is 2. The van der Waals surface area contributed by atoms with Crippen molar-refractivity contribution in [3.8, 4) is 5.75 Å². The summed E-state index contributed by atoms with van der Waals surface area (Å²) in [7, 11) is 1.81. The van der Waals surface area contributed by atoms with E-state index in [0.29, 0.717) is 16.7 Å². The summed E-state index contributed by atoms with van der Waals surface area (Å²) < 4.78 is 8.47. The van der Waals surface area contributed by atoms with Crippen molar-refractivity contribution >= 4 is 45.2 Å². The van der Waals surface area contributed by atoms with Crippen LogP contribution in [0, 0.1) is 13.8 Å². The normalized spacial score (nSPS) is 11.7. The number of aromatic nitrogens is 3. The summed E-state index contributed by atoms with van der Waals surface area (Å²) in [5.41, 5.74) is 4.01. The van der Waals surface area contributed by atoms with Crippen molar-refractivity contribution in [2.75, 3.05) is 11.1 Å². The Balaban J connectivity index is 1.49. The molecule has 0 saturated carbocycles. The van der Waals surface area contributed by atoms with Crippen LogP contribution >= 0.6 is 27.7 Å². The first kappa shape index (κ1) is 26.7. The molecule has 0 unspecified atom stereocenters. The van der Waals surface area contributed by atoms with Crippen LogP contribution in [0.2, 0.25) is 0 Å². The summed E-state index contributed by atoms with van der Waals surface area (Å²) in [5, 5.41) is 14.7. The molecule has 0 radical (unpaired) electrons. The smallest absolute Gasteiger partial charge is 0.261 e. The molecular weight excluding hydrogens is 530 g/mol. The molecule has 0 bridgehead atoms. The number of carbonyl (C=O) groups excluding carboxylic acids is 2. The van der Waals surface area contributed by atoms with E-state index in [9.17, 15) is 9.59 Å². The van der Waals surface area contributed by atoms with E-state index in [0.717, 1.165) is 27.7 Å². The van der Waals surface area contributed by atoms with Gasteiger partial charge in [-0.25, -0.2) is 0 Å². The van der Waals surface area contributed by atoms with Gasteiger partial charge in [-0.05, 0) is 68.1 Å². The number of anilines is 1. The zero-order chi connectivity index (χ0) is 25.5. The third kappa shape index (κ3) is 7.32. The Hall–Kier alpha value is -2.85. The maximum Gasteiger partial charge on any atom is 0.261 e. The standard InChI is InChI=1S/C25H30BrN5O3S/c1-6-18-7-9-20(10-8-18)34-17(4)24(33)27-13-21-29-30-25(31(21)5)35-14-22(32)28-23-15(2)11-19(26)12-16(23)3/h7-12,17H,6,13-14H2,1-5H3,(H,27,33)(H,28,32)/t17-/m1/s1. The summed E-state index contributed by atoms with van der Waals surface area (Å²) in [6, 6.07) is 11.6. The van der Waals surface area contributed by atoms with Crippen molar-refractivity contribution in [2.24, 2.45) is 7.05 Å². The second kappa shape index (κ2) is 12.2. The lowest BCUT2D eigenvalue weighted by Crippen LogP contribution is -2.36. The van der Waals surface area contributed by atoms with Crippen LogP contribution in [0.4, 0.5) is 5.69 Å². The first-order valence-electron chi connectivity index (χ1n) is 11.3. The summed E-state index contributed by atoms with van der Waals surface area (Å²) in [5.74, 6) is 1.05. The first-order valence-corrected chi connectivity index (χ1v) is 13.1. The van der Waals surface area contributed by atoms with Gasteiger partial charge in [0, 0.05) is 17.2 Å². The van der Waals surface area contributed by atoms with Gasteiger partial charge in [-0.15, -0.1) is 10.2 Å². The number of nitrogens with one attached hydrogen (secondary N) is 2. The highest BCUT2D eigenvalue weighted by molar-refractivity contribution is 9.10. The molecule has 1 heterocycles. The largest absolute Gasteiger partial charge is 0.481 e. The van der Waals surface area contributed by atoms with Crippen molar-refractivity contribution in [1.29, 1.82) is 0 Å². The van der Waals surface area contributed by atoms with E-state index < -0.39 is 6.10 Å². The molecule has 2 amide bonds. The second-order valence-corrected chi connectivity index (χ2v) is 10.0. The fourth-order valence-electron chi connectivity index (χ4n) is 3.41. The lowest BCUT2D eigenvalue weighted by molar-refractivity contribution is -0.127. The van der Waals surface area contributed by atoms with Crippen LogP contribution in [0.15, 0.2) is 46.0 Å². The molecule has 0 fully saturated rings. The predicted octanol–water partition coefficient (Wildman–Crippen LogP) is 4.57. The molecule has 2 N–H and O–H groups in total. The fourth-order valence-corrected chi connectivity index (χ4v) is 4.83. The van der Waals surface area contributed by atoms with E-state index in [1.807, 2.05) is 50.2 Å². The number of hydrogen-bond acceptors (Lipinski definition) is 6. The lowest BCUT2D eigenvalue weighted by Gasteiger charge is -2.15. The number of carbonyl (C=O) groups is 2. The van der Waals surface area contributed by atoms with E-state index in [4.69, 9.17) is 4.74 Å². The van der Waals surface area contributed by atoms with Crippen molar-refractivity contribution in [2.45, 2.75) is 51.9 Å². The highest BCUT2D eigenvalue weighted by Crippen LogP contribution is 2.25. The summed E-state index contributed by atoms with van der Waals surface area (Å²) in [6.07, 6.45) is 0.294. The minimum atomic E-state index is -0.654. The molecule has 8 nitrogen and oxygen atoms in total. The Bertz CT molecular complexity index is 1170. The second-order valence-electron chi connectivity index (χ2n) is 8.18. The van der Waals surface area contributed by atoms with Crippen LogP contribution < -0.4 is 15.4 Å². The number of hydrogen-bond donors (Lipinski definition) is 2. The van der Waals surface area contributed by atoms with Crippen molar-refractivity contribution in [1.82, 2.24) is 20.1 Å². The zero-order valence-electron chi connectivity index (χ0n) is 20.5. The quantitative estimate of drug-likeness (QED) is 0.353. The monoisotopic (exact) mass is 559 g/mol. The number of nitrogens with zero attached hydrogens (tertiary/aromatic N) is 3. The third-order valence-corrected chi connectivity index (χ3v) is 6.93. The lowest BCUT2D eigenvalue weighted by atomic mass is 10.1. The number of aryl methyl sites for hydroxylation is 3. The van der Waals surface area contributed by atoms with E-state index in [1.54, 1.807) is 18.5 Å². The van der Waals surface area contributed by atoms with Crippen LogP contribution in [-0.2, 0) is 29.6 Å². The Morgan fingerprint density at radius 3 is 2.43 bits per heavy atom. The van der Waals surface area contributed by atoms with Crippen LogP contribution in [0.5, 0.6) is 5.75 Å². The van der Waals surface area contributed by atoms with Gasteiger partial charge in [0.05, 0.1) is 12.3 Å². The Kier molecular flexibility index (Phi) is 9.33. The summed E-state index contributed by atoms with van der Waals surface area (Å²) >= 11 is 4.75. The maximum absolute atomic E-state index is 12.5. The van der Waals surface area contributed by atoms with Gasteiger partial charge < -0.3 is 19.9 Å². The fraction of sp³-hybridized carbons (Fsp3) is 0.360. The minimum absolute atomic E-state index is 0.126. The first-order chi connectivity index (χ1) is 16.7. The predicted molar refractivity (Wildman–Crippen MR) is 142 cm³/mol. The van der Waals surface area contributed by atoms with Crippen LogP contribution in [-0.4, -0.2) is 38.4 Å². The van der Waals surface area contributed by atoms with E-state index in [-0.39, 0.29) is 24.1 Å². The highest BCUT2D eigenvalue weighted by atomic mass is 79.9. The van der Waals surface area contributed by atoms with Crippen LogP contribution in [0.3, 0.4) is 0 Å². The summed E-state index contributed by atoms with van der Waals surface area (Å²) in [6.45, 7) is 7.90. The maximum atomic E-state index is 12.5. The number of rotatable bonds is 10. The Labute approximate surface area is 218 Å². The van der Waals surface area contributed by atoms with E-state index in [2.05, 4.69) is 43.7 Å². The van der Waals surface area contributed by atoms with Gasteiger partial charge in [0.25, 0.3) is 5.91 Å². The zero-order valence-corrected chi connectivity index (χ0v) is 22.9. The number of halogens is 1. The summed E-state index contributed by atoms with van der Waals surface area (Å²) in [4.78, 5) is 25.0. The van der Waals surface area contributed by atoms with Crippen molar-refractivity contribution < 1.29 is 14.3 Å². The average Bonchev–Trinajstić information content (AvgIpc) is 3.18. The molecule has 10 heteroatoms. The van der Waals surface area contributed by atoms with Crippen molar-refractivity contribution in [3.05, 3.63) is 63.4 Å². The molecule has 186 valence electrons. The Morgan fingerprint density at radius 1 is 1.14 bits per heavy atom. The molecule has 3 rings (SSSR count). The molecule has 0 spiro atoms. The van der Waals surface area contributed by atoms with Crippen LogP contribution in [0.1, 0.15) is 36.4 Å². The molecule has 2 aromatic carbocycles. The van der Waals surface area contributed by atoms with Gasteiger partial charge in [-0.1, -0.05) is 46.7 Å². The van der Waals surface area contributed by atoms with Gasteiger partial charge in [0.2, 0.25) is 5.91 Å². The molecular formula is C25H30BrN5O3S. The molecule has 1 aromatic heterocycles. The van der Waals surface area contributed by atoms with Gasteiger partial charge in [-0.2, -0.15) is 0 Å². The number of ether oxygens (including phenoxy) is 1. The average molecular weight is 561 g/mol. The van der Waals surface area contributed by atoms with E-state index >= 15 is 0 Å². The molecule has 3 aromatic rings. The van der Waals surface area contributed by atoms with Crippen LogP contribution in [0.25, 0.3) is 0 Å². The van der Waals surface area contributed by atoms with Gasteiger partial charge in [0.15, 0.2) is 17.1 Å². The molecule has 1 atom stereocenters. The van der Waals surface area contributed by atoms with Gasteiger partial charge >= 0.3 is 0 Å². The minimum Gasteiger partial charge on any atom is -0.481 e. The van der Waals surface area contributed by atoms with Crippen molar-refractivity contribution in [3.63, 3.8) is 0 Å². The van der Waals surface area contributed by atoms with Gasteiger partial charge in [-0.3, -0.25) is 9.59 Å². The van der Waals surface area contributed by atoms with E-state index in [1.165, 1.54) is 17.3 Å². The Morgan fingerprint density at radius 2 is 1.80 bits per heavy atom. The molecule has 35 heavy (non-hydrogen) atoms. The molecule has 0 aliphatic rings. The highest BCUT2D eigenvalue weighted by Gasteiger charge is 2.17. The SMILES string of the molecule is CCc1ccc(O[C@H](C)C(=O)NCc2nnc(SCC(=O)Nc3c(C)cc(Br)cc3C)n2C)cc1. The number of benzene rings is 2. The molecule has 0 saturated heterocycles. The molecule has 0 aliphatic carbocycles.